The second kappa shape index (κ2) is 7.18. The SMILES string of the molecule is CC(=O)Nc1cccc(-n2cc3c(c2-c2ccc(C)cc2)c(=O)n(C)c(=O)n3C)c1. The topological polar surface area (TPSA) is 78.0 Å². The summed E-state index contributed by atoms with van der Waals surface area (Å²) in [6, 6.07) is 15.3. The van der Waals surface area contributed by atoms with Crippen LogP contribution in [0, 0.1) is 6.92 Å². The first-order valence-corrected chi connectivity index (χ1v) is 9.54. The first-order valence-electron chi connectivity index (χ1n) is 9.54. The number of anilines is 1. The van der Waals surface area contributed by atoms with Crippen LogP contribution in [-0.2, 0) is 18.9 Å². The van der Waals surface area contributed by atoms with Gasteiger partial charge in [0.05, 0.1) is 16.6 Å². The smallest absolute Gasteiger partial charge is 0.326 e. The van der Waals surface area contributed by atoms with Crippen LogP contribution in [-0.4, -0.2) is 19.6 Å². The summed E-state index contributed by atoms with van der Waals surface area (Å²) < 4.78 is 4.49. The zero-order chi connectivity index (χ0) is 21.6. The van der Waals surface area contributed by atoms with E-state index in [1.165, 1.54) is 18.5 Å². The number of aromatic nitrogens is 3. The summed E-state index contributed by atoms with van der Waals surface area (Å²) in [6.07, 6.45) is 1.79. The molecule has 0 bridgehead atoms. The molecule has 0 unspecified atom stereocenters. The number of carbonyl (C=O) groups is 1. The number of hydrogen-bond donors (Lipinski definition) is 1. The highest BCUT2D eigenvalue weighted by atomic mass is 16.2. The van der Waals surface area contributed by atoms with Gasteiger partial charge in [0.25, 0.3) is 5.56 Å². The fourth-order valence-electron chi connectivity index (χ4n) is 3.68. The molecule has 0 radical (unpaired) electrons. The molecule has 0 spiro atoms. The van der Waals surface area contributed by atoms with E-state index in [-0.39, 0.29) is 17.2 Å². The molecule has 2 aromatic heterocycles. The number of aryl methyl sites for hydroxylation is 2. The molecule has 0 aliphatic heterocycles. The van der Waals surface area contributed by atoms with Gasteiger partial charge >= 0.3 is 5.69 Å². The summed E-state index contributed by atoms with van der Waals surface area (Å²) in [4.78, 5) is 37.1. The zero-order valence-electron chi connectivity index (χ0n) is 17.3. The van der Waals surface area contributed by atoms with Crippen LogP contribution in [0.15, 0.2) is 64.3 Å². The number of amides is 1. The van der Waals surface area contributed by atoms with Gasteiger partial charge in [-0.05, 0) is 30.7 Å². The highest BCUT2D eigenvalue weighted by Crippen LogP contribution is 2.31. The van der Waals surface area contributed by atoms with Gasteiger partial charge in [-0.3, -0.25) is 18.7 Å². The molecule has 30 heavy (non-hydrogen) atoms. The minimum atomic E-state index is -0.382. The van der Waals surface area contributed by atoms with Crippen LogP contribution in [0.5, 0.6) is 0 Å². The Morgan fingerprint density at radius 3 is 2.33 bits per heavy atom. The molecule has 152 valence electrons. The predicted octanol–water partition coefficient (Wildman–Crippen LogP) is 2.96. The lowest BCUT2D eigenvalue weighted by molar-refractivity contribution is -0.114. The van der Waals surface area contributed by atoms with Crippen LogP contribution in [0.4, 0.5) is 5.69 Å². The number of rotatable bonds is 3. The van der Waals surface area contributed by atoms with Crippen molar-refractivity contribution >= 4 is 22.5 Å². The highest BCUT2D eigenvalue weighted by Gasteiger charge is 2.20. The number of nitrogens with one attached hydrogen (secondary N) is 1. The standard InChI is InChI=1S/C23H22N4O3/c1-14-8-10-16(11-9-14)21-20-19(25(3)23(30)26(4)22(20)29)13-27(21)18-7-5-6-17(12-18)24-15(2)28/h5-13H,1-4H3,(H,24,28). The van der Waals surface area contributed by atoms with Crippen molar-refractivity contribution < 1.29 is 4.79 Å². The molecule has 0 aliphatic rings. The fraction of sp³-hybridized carbons (Fsp3) is 0.174. The minimum absolute atomic E-state index is 0.167. The van der Waals surface area contributed by atoms with Crippen molar-refractivity contribution in [3.8, 4) is 16.9 Å². The van der Waals surface area contributed by atoms with Gasteiger partial charge in [0.2, 0.25) is 5.91 Å². The average molecular weight is 402 g/mol. The molecule has 0 atom stereocenters. The maximum atomic E-state index is 13.1. The van der Waals surface area contributed by atoms with Crippen LogP contribution < -0.4 is 16.6 Å². The maximum absolute atomic E-state index is 13.1. The molecule has 0 aliphatic carbocycles. The van der Waals surface area contributed by atoms with E-state index in [0.29, 0.717) is 22.3 Å². The maximum Gasteiger partial charge on any atom is 0.330 e. The lowest BCUT2D eigenvalue weighted by Gasteiger charge is -2.12. The summed E-state index contributed by atoms with van der Waals surface area (Å²) in [5.41, 5.74) is 3.89. The highest BCUT2D eigenvalue weighted by molar-refractivity contribution is 5.95. The molecule has 4 rings (SSSR count). The summed E-state index contributed by atoms with van der Waals surface area (Å²) in [5.74, 6) is -0.167. The third kappa shape index (κ3) is 3.14. The number of hydrogen-bond acceptors (Lipinski definition) is 3. The first-order chi connectivity index (χ1) is 14.3. The molecule has 4 aromatic rings. The van der Waals surface area contributed by atoms with E-state index in [1.54, 1.807) is 19.3 Å². The first kappa shape index (κ1) is 19.4. The largest absolute Gasteiger partial charge is 0.330 e. The Bertz CT molecular complexity index is 1410. The molecule has 7 heteroatoms. The van der Waals surface area contributed by atoms with E-state index >= 15 is 0 Å². The van der Waals surface area contributed by atoms with Gasteiger partial charge in [0.15, 0.2) is 0 Å². The summed E-state index contributed by atoms with van der Waals surface area (Å²) in [6.45, 7) is 3.45. The summed E-state index contributed by atoms with van der Waals surface area (Å²) in [5, 5.41) is 3.25. The lowest BCUT2D eigenvalue weighted by Crippen LogP contribution is -2.36. The zero-order valence-corrected chi connectivity index (χ0v) is 17.3. The predicted molar refractivity (Wildman–Crippen MR) is 118 cm³/mol. The Kier molecular flexibility index (Phi) is 4.66. The van der Waals surface area contributed by atoms with Gasteiger partial charge in [0.1, 0.15) is 0 Å². The molecular weight excluding hydrogens is 380 g/mol. The van der Waals surface area contributed by atoms with Gasteiger partial charge in [-0.2, -0.15) is 0 Å². The minimum Gasteiger partial charge on any atom is -0.326 e. The van der Waals surface area contributed by atoms with Crippen molar-refractivity contribution in [2.45, 2.75) is 13.8 Å². The van der Waals surface area contributed by atoms with Crippen molar-refractivity contribution in [3.63, 3.8) is 0 Å². The van der Waals surface area contributed by atoms with Gasteiger partial charge in [-0.25, -0.2) is 4.79 Å². The molecule has 1 N–H and O–H groups in total. The second-order valence-corrected chi connectivity index (χ2v) is 7.41. The molecule has 0 fully saturated rings. The Morgan fingerprint density at radius 1 is 0.967 bits per heavy atom. The third-order valence-corrected chi connectivity index (χ3v) is 5.21. The second-order valence-electron chi connectivity index (χ2n) is 7.41. The van der Waals surface area contributed by atoms with Crippen LogP contribution in [0.25, 0.3) is 27.8 Å². The normalized spacial score (nSPS) is 11.1. The molecular formula is C23H22N4O3. The number of carbonyl (C=O) groups excluding carboxylic acids is 1. The number of benzene rings is 2. The Morgan fingerprint density at radius 2 is 1.67 bits per heavy atom. The Hall–Kier alpha value is -3.87. The van der Waals surface area contributed by atoms with Crippen LogP contribution in [0.3, 0.4) is 0 Å². The Labute approximate surface area is 172 Å². The van der Waals surface area contributed by atoms with Crippen molar-refractivity contribution in [2.24, 2.45) is 14.1 Å². The molecule has 0 saturated heterocycles. The van der Waals surface area contributed by atoms with Crippen molar-refractivity contribution in [2.75, 3.05) is 5.32 Å². The van der Waals surface area contributed by atoms with Crippen LogP contribution >= 0.6 is 0 Å². The molecule has 2 heterocycles. The van der Waals surface area contributed by atoms with Gasteiger partial charge in [0, 0.05) is 38.6 Å². The summed E-state index contributed by atoms with van der Waals surface area (Å²) >= 11 is 0. The number of fused-ring (bicyclic) bond motifs is 1. The Balaban J connectivity index is 2.11. The van der Waals surface area contributed by atoms with Crippen LogP contribution in [0.1, 0.15) is 12.5 Å². The van der Waals surface area contributed by atoms with Crippen LogP contribution in [0.2, 0.25) is 0 Å². The van der Waals surface area contributed by atoms with Gasteiger partial charge < -0.3 is 9.88 Å². The third-order valence-electron chi connectivity index (χ3n) is 5.21. The molecule has 1 amide bonds. The van der Waals surface area contributed by atoms with Crippen molar-refractivity contribution in [1.29, 1.82) is 0 Å². The van der Waals surface area contributed by atoms with E-state index < -0.39 is 0 Å². The van der Waals surface area contributed by atoms with Crippen molar-refractivity contribution in [1.82, 2.24) is 13.7 Å². The fourth-order valence-corrected chi connectivity index (χ4v) is 3.68. The average Bonchev–Trinajstić information content (AvgIpc) is 3.12. The molecule has 7 nitrogen and oxygen atoms in total. The van der Waals surface area contributed by atoms with Crippen molar-refractivity contribution in [3.05, 3.63) is 81.1 Å². The van der Waals surface area contributed by atoms with E-state index in [9.17, 15) is 14.4 Å². The summed E-state index contributed by atoms with van der Waals surface area (Å²) in [7, 11) is 3.14. The monoisotopic (exact) mass is 402 g/mol. The molecule has 2 aromatic carbocycles. The number of nitrogens with zero attached hydrogens (tertiary/aromatic N) is 3. The van der Waals surface area contributed by atoms with E-state index in [4.69, 9.17) is 0 Å². The van der Waals surface area contributed by atoms with Gasteiger partial charge in [-0.15, -0.1) is 0 Å². The quantitative estimate of drug-likeness (QED) is 0.572. The lowest BCUT2D eigenvalue weighted by atomic mass is 10.1. The molecule has 0 saturated carbocycles. The van der Waals surface area contributed by atoms with E-state index in [2.05, 4.69) is 5.32 Å². The van der Waals surface area contributed by atoms with Gasteiger partial charge in [-0.1, -0.05) is 35.9 Å². The van der Waals surface area contributed by atoms with E-state index in [1.807, 2.05) is 54.0 Å². The van der Waals surface area contributed by atoms with E-state index in [0.717, 1.165) is 21.4 Å².